The van der Waals surface area contributed by atoms with Gasteiger partial charge in [0.25, 0.3) is 5.92 Å². The number of nitrogens with one attached hydrogen (secondary N) is 1. The molecule has 8 heteroatoms. The summed E-state index contributed by atoms with van der Waals surface area (Å²) in [6, 6.07) is -0.290. The van der Waals surface area contributed by atoms with Gasteiger partial charge in [-0.15, -0.1) is 0 Å². The maximum Gasteiger partial charge on any atom is 0.407 e. The van der Waals surface area contributed by atoms with Crippen molar-refractivity contribution >= 4 is 6.09 Å². The Hall–Kier alpha value is -1.57. The van der Waals surface area contributed by atoms with Crippen LogP contribution in [0.15, 0.2) is 11.4 Å². The maximum atomic E-state index is 14.3. The number of ether oxygens (including phenoxy) is 1. The summed E-state index contributed by atoms with van der Waals surface area (Å²) < 4.78 is 33.7. The average Bonchev–Trinajstić information content (AvgIpc) is 2.40. The highest BCUT2D eigenvalue weighted by atomic mass is 19.3. The van der Waals surface area contributed by atoms with Crippen LogP contribution in [0, 0.1) is 0 Å². The Bertz CT molecular complexity index is 413. The van der Waals surface area contributed by atoms with Crippen molar-refractivity contribution in [3.8, 4) is 0 Å². The van der Waals surface area contributed by atoms with E-state index in [9.17, 15) is 13.6 Å². The van der Waals surface area contributed by atoms with Gasteiger partial charge in [-0.05, 0) is 33.1 Å². The average molecular weight is 306 g/mol. The summed E-state index contributed by atoms with van der Waals surface area (Å²) in [7, 11) is 1.42. The first-order valence-corrected chi connectivity index (χ1v) is 6.98. The smallest absolute Gasteiger partial charge is 0.407 e. The van der Waals surface area contributed by atoms with Gasteiger partial charge < -0.3 is 20.8 Å². The van der Waals surface area contributed by atoms with Crippen molar-refractivity contribution < 1.29 is 18.3 Å². The number of halogens is 2. The normalized spacial score (nSPS) is 26.0. The second-order valence-electron chi connectivity index (χ2n) is 5.43. The quantitative estimate of drug-likeness (QED) is 0.545. The molecule has 0 spiro atoms. The number of alkyl halides is 2. The molecule has 0 saturated heterocycles. The van der Waals surface area contributed by atoms with Crippen molar-refractivity contribution in [2.45, 2.75) is 57.6 Å². The van der Waals surface area contributed by atoms with Gasteiger partial charge in [-0.3, -0.25) is 0 Å². The molecule has 1 aliphatic rings. The summed E-state index contributed by atoms with van der Waals surface area (Å²) in [6.45, 7) is 3.43. The van der Waals surface area contributed by atoms with Crippen molar-refractivity contribution in [1.29, 1.82) is 0 Å². The summed E-state index contributed by atoms with van der Waals surface area (Å²) in [5, 5.41) is 3.33. The van der Waals surface area contributed by atoms with Gasteiger partial charge in [0.05, 0.1) is 0 Å². The third kappa shape index (κ3) is 4.45. The van der Waals surface area contributed by atoms with E-state index in [0.29, 0.717) is 6.42 Å². The van der Waals surface area contributed by atoms with Gasteiger partial charge in [-0.25, -0.2) is 10.6 Å². The maximum absolute atomic E-state index is 14.3. The number of hydrogen-bond donors (Lipinski definition) is 3. The molecule has 1 amide bonds. The molecule has 0 heterocycles. The number of allylic oxidation sites excluding steroid dienone is 2. The lowest BCUT2D eigenvalue weighted by molar-refractivity contribution is -0.0233. The van der Waals surface area contributed by atoms with E-state index in [4.69, 9.17) is 16.3 Å². The van der Waals surface area contributed by atoms with Gasteiger partial charge in [0.15, 0.2) is 0 Å². The molecule has 0 saturated carbocycles. The Balaban J connectivity index is 2.95. The minimum absolute atomic E-state index is 0.0430. The number of rotatable bonds is 3. The number of nitrogens with zero attached hydrogens (tertiary/aromatic N) is 1. The van der Waals surface area contributed by atoms with Gasteiger partial charge in [-0.2, -0.15) is 8.78 Å². The van der Waals surface area contributed by atoms with Crippen LogP contribution in [0.25, 0.3) is 0 Å². The number of hydrazine groups is 1. The summed E-state index contributed by atoms with van der Waals surface area (Å²) in [5.41, 5.74) is 5.53. The van der Waals surface area contributed by atoms with Crippen molar-refractivity contribution in [3.63, 3.8) is 0 Å². The van der Waals surface area contributed by atoms with Crippen molar-refractivity contribution in [2.75, 3.05) is 7.05 Å². The van der Waals surface area contributed by atoms with E-state index < -0.39 is 24.5 Å². The molecule has 1 unspecified atom stereocenters. The number of amides is 1. The molecule has 0 aromatic rings. The Morgan fingerprint density at radius 2 is 2.10 bits per heavy atom. The number of carbonyl (C=O) groups is 1. The zero-order valence-corrected chi connectivity index (χ0v) is 12.7. The van der Waals surface area contributed by atoms with Gasteiger partial charge in [0, 0.05) is 25.2 Å². The second-order valence-corrected chi connectivity index (χ2v) is 5.43. The minimum Gasteiger partial charge on any atom is -0.446 e. The first-order valence-electron chi connectivity index (χ1n) is 6.98. The standard InChI is InChI=1S/C13H24F2N4O2/c1-8(2)19(17)11-10(16)5-4-9(21-12(20)18-3)6-7-13(11,14)15/h8-9H,4-7,16-17H2,1-3H3,(H,18,20)/b11-10-. The first-order chi connectivity index (χ1) is 9.69. The largest absolute Gasteiger partial charge is 0.446 e. The van der Waals surface area contributed by atoms with Crippen molar-refractivity contribution in [1.82, 2.24) is 10.3 Å². The van der Waals surface area contributed by atoms with Crippen LogP contribution in [0.3, 0.4) is 0 Å². The SMILES string of the molecule is CNC(=O)OC1CC/C(N)=C(/N(N)C(C)C)C(F)(F)CC1. The lowest BCUT2D eigenvalue weighted by Crippen LogP contribution is -2.46. The predicted molar refractivity (Wildman–Crippen MR) is 75.1 cm³/mol. The number of alkyl carbamates (subject to hydrolysis) is 1. The van der Waals surface area contributed by atoms with Crippen molar-refractivity contribution in [3.05, 3.63) is 11.4 Å². The van der Waals surface area contributed by atoms with Crippen LogP contribution in [0.4, 0.5) is 13.6 Å². The van der Waals surface area contributed by atoms with Crippen LogP contribution in [0.1, 0.15) is 39.5 Å². The molecule has 1 aliphatic carbocycles. The molecule has 0 aromatic carbocycles. The fourth-order valence-corrected chi connectivity index (χ4v) is 2.22. The van der Waals surface area contributed by atoms with E-state index in [1.54, 1.807) is 13.8 Å². The molecule has 6 nitrogen and oxygen atoms in total. The summed E-state index contributed by atoms with van der Waals surface area (Å²) in [5.74, 6) is 2.59. The molecule has 0 fully saturated rings. The zero-order chi connectivity index (χ0) is 16.2. The number of nitrogens with two attached hydrogens (primary N) is 2. The summed E-state index contributed by atoms with van der Waals surface area (Å²) >= 11 is 0. The molecular weight excluding hydrogens is 282 g/mol. The lowest BCUT2D eigenvalue weighted by Gasteiger charge is -2.35. The van der Waals surface area contributed by atoms with Gasteiger partial charge in [0.1, 0.15) is 11.8 Å². The Kier molecular flexibility index (Phi) is 5.77. The summed E-state index contributed by atoms with van der Waals surface area (Å²) in [4.78, 5) is 11.2. The molecule has 122 valence electrons. The van der Waals surface area contributed by atoms with Crippen LogP contribution in [-0.4, -0.2) is 36.2 Å². The lowest BCUT2D eigenvalue weighted by atomic mass is 9.96. The first kappa shape index (κ1) is 17.5. The molecular formula is C13H24F2N4O2. The molecule has 0 radical (unpaired) electrons. The van der Waals surface area contributed by atoms with E-state index in [1.807, 2.05) is 0 Å². The highest BCUT2D eigenvalue weighted by molar-refractivity contribution is 5.66. The van der Waals surface area contributed by atoms with Crippen LogP contribution in [0.5, 0.6) is 0 Å². The van der Waals surface area contributed by atoms with E-state index in [2.05, 4.69) is 5.32 Å². The highest BCUT2D eigenvalue weighted by Gasteiger charge is 2.41. The van der Waals surface area contributed by atoms with Crippen LogP contribution in [0.2, 0.25) is 0 Å². The Morgan fingerprint density at radius 1 is 1.48 bits per heavy atom. The minimum atomic E-state index is -3.15. The number of hydrogen-bond acceptors (Lipinski definition) is 5. The number of carbonyl (C=O) groups excluding carboxylic acids is 1. The van der Waals surface area contributed by atoms with Crippen LogP contribution in [-0.2, 0) is 4.74 Å². The zero-order valence-electron chi connectivity index (χ0n) is 12.7. The Labute approximate surface area is 123 Å². The molecule has 1 rings (SSSR count). The van der Waals surface area contributed by atoms with E-state index >= 15 is 0 Å². The van der Waals surface area contributed by atoms with Crippen LogP contribution >= 0.6 is 0 Å². The van der Waals surface area contributed by atoms with Crippen molar-refractivity contribution in [2.24, 2.45) is 11.6 Å². The molecule has 5 N–H and O–H groups in total. The molecule has 0 aliphatic heterocycles. The van der Waals surface area contributed by atoms with Gasteiger partial charge >= 0.3 is 6.09 Å². The topological polar surface area (TPSA) is 93.6 Å². The Morgan fingerprint density at radius 3 is 2.62 bits per heavy atom. The van der Waals surface area contributed by atoms with E-state index in [1.165, 1.54) is 7.05 Å². The fraction of sp³-hybridized carbons (Fsp3) is 0.769. The van der Waals surface area contributed by atoms with E-state index in [-0.39, 0.29) is 30.3 Å². The van der Waals surface area contributed by atoms with Gasteiger partial charge in [0.2, 0.25) is 0 Å². The third-order valence-electron chi connectivity index (χ3n) is 3.46. The van der Waals surface area contributed by atoms with Gasteiger partial charge in [-0.1, -0.05) is 0 Å². The van der Waals surface area contributed by atoms with E-state index in [0.717, 1.165) is 5.01 Å². The second kappa shape index (κ2) is 6.93. The predicted octanol–water partition coefficient (Wildman–Crippen LogP) is 1.67. The molecule has 0 aromatic heterocycles. The molecule has 0 bridgehead atoms. The summed E-state index contributed by atoms with van der Waals surface area (Å²) in [6.07, 6.45) is -1.03. The third-order valence-corrected chi connectivity index (χ3v) is 3.46. The highest BCUT2D eigenvalue weighted by Crippen LogP contribution is 2.36. The monoisotopic (exact) mass is 306 g/mol. The molecule has 1 atom stereocenters. The molecule has 21 heavy (non-hydrogen) atoms. The van der Waals surface area contributed by atoms with Crippen LogP contribution < -0.4 is 16.9 Å². The fourth-order valence-electron chi connectivity index (χ4n) is 2.22.